The zero-order chi connectivity index (χ0) is 17.4. The van der Waals surface area contributed by atoms with Crippen molar-refractivity contribution in [2.45, 2.75) is 26.0 Å². The van der Waals surface area contributed by atoms with Crippen molar-refractivity contribution in [1.82, 2.24) is 5.32 Å². The van der Waals surface area contributed by atoms with Crippen LogP contribution >= 0.6 is 0 Å². The summed E-state index contributed by atoms with van der Waals surface area (Å²) in [6.45, 7) is 1.29. The van der Waals surface area contributed by atoms with Gasteiger partial charge < -0.3 is 10.1 Å². The molecular weight excluding hydrogens is 306 g/mol. The van der Waals surface area contributed by atoms with Crippen molar-refractivity contribution in [3.63, 3.8) is 0 Å². The van der Waals surface area contributed by atoms with Gasteiger partial charge in [-0.3, -0.25) is 9.59 Å². The van der Waals surface area contributed by atoms with E-state index in [9.17, 15) is 14.4 Å². The Kier molecular flexibility index (Phi) is 6.25. The molecule has 0 fully saturated rings. The summed E-state index contributed by atoms with van der Waals surface area (Å²) in [7, 11) is 0. The summed E-state index contributed by atoms with van der Waals surface area (Å²) in [4.78, 5) is 35.4. The second-order valence-electron chi connectivity index (χ2n) is 5.37. The van der Waals surface area contributed by atoms with Gasteiger partial charge in [-0.15, -0.1) is 0 Å². The molecule has 0 unspecified atom stereocenters. The second kappa shape index (κ2) is 8.62. The lowest BCUT2D eigenvalue weighted by Crippen LogP contribution is -2.45. The van der Waals surface area contributed by atoms with Crippen LogP contribution in [0.5, 0.6) is 0 Å². The van der Waals surface area contributed by atoms with Crippen LogP contribution in [-0.4, -0.2) is 23.7 Å². The number of alkyl carbamates (subject to hydrolysis) is 1. The summed E-state index contributed by atoms with van der Waals surface area (Å²) in [5.41, 5.74) is 1.69. The van der Waals surface area contributed by atoms with E-state index >= 15 is 0 Å². The highest BCUT2D eigenvalue weighted by Crippen LogP contribution is 2.06. The molecule has 1 N–H and O–H groups in total. The summed E-state index contributed by atoms with van der Waals surface area (Å²) in [6, 6.07) is 17.4. The predicted octanol–water partition coefficient (Wildman–Crippen LogP) is 2.68. The maximum Gasteiger partial charge on any atom is 0.408 e. The highest BCUT2D eigenvalue weighted by Gasteiger charge is 2.25. The molecule has 0 saturated carbocycles. The minimum Gasteiger partial charge on any atom is -0.445 e. The molecule has 1 atom stereocenters. The lowest BCUT2D eigenvalue weighted by Gasteiger charge is -2.16. The summed E-state index contributed by atoms with van der Waals surface area (Å²) < 4.78 is 5.11. The van der Waals surface area contributed by atoms with E-state index in [-0.39, 0.29) is 13.0 Å². The number of hydrogen-bond donors (Lipinski definition) is 1. The third-order valence-electron chi connectivity index (χ3n) is 3.45. The van der Waals surface area contributed by atoms with Crippen LogP contribution in [0.25, 0.3) is 0 Å². The molecule has 0 spiro atoms. The zero-order valence-corrected chi connectivity index (χ0v) is 13.4. The third-order valence-corrected chi connectivity index (χ3v) is 3.45. The molecule has 2 rings (SSSR count). The van der Waals surface area contributed by atoms with Gasteiger partial charge in [0.1, 0.15) is 12.6 Å². The summed E-state index contributed by atoms with van der Waals surface area (Å²) in [5.74, 6) is -1.24. The Morgan fingerprint density at radius 1 is 0.917 bits per heavy atom. The van der Waals surface area contributed by atoms with Gasteiger partial charge in [-0.25, -0.2) is 4.79 Å². The fourth-order valence-electron chi connectivity index (χ4n) is 2.21. The number of ether oxygens (including phenoxy) is 1. The van der Waals surface area contributed by atoms with Gasteiger partial charge >= 0.3 is 6.09 Å². The van der Waals surface area contributed by atoms with E-state index in [2.05, 4.69) is 5.32 Å². The minimum absolute atomic E-state index is 0.0962. The molecule has 0 aliphatic heterocycles. The molecule has 0 aliphatic rings. The first-order valence-electron chi connectivity index (χ1n) is 7.62. The van der Waals surface area contributed by atoms with E-state index in [0.29, 0.717) is 0 Å². The smallest absolute Gasteiger partial charge is 0.408 e. The van der Waals surface area contributed by atoms with Crippen LogP contribution in [0.4, 0.5) is 4.79 Å². The molecule has 0 aliphatic carbocycles. The number of amides is 1. The lowest BCUT2D eigenvalue weighted by molar-refractivity contribution is -0.136. The molecule has 2 aromatic carbocycles. The van der Waals surface area contributed by atoms with Crippen molar-refractivity contribution in [1.29, 1.82) is 0 Å². The highest BCUT2D eigenvalue weighted by molar-refractivity contribution is 6.38. The van der Waals surface area contributed by atoms with E-state index in [1.807, 2.05) is 60.7 Å². The van der Waals surface area contributed by atoms with E-state index in [0.717, 1.165) is 11.1 Å². The Hall–Kier alpha value is -2.95. The summed E-state index contributed by atoms with van der Waals surface area (Å²) in [5, 5.41) is 2.49. The van der Waals surface area contributed by atoms with Gasteiger partial charge in [0.25, 0.3) is 0 Å². The Bertz CT molecular complexity index is 698. The van der Waals surface area contributed by atoms with Gasteiger partial charge in [-0.05, 0) is 11.1 Å². The molecule has 5 heteroatoms. The Balaban J connectivity index is 1.97. The van der Waals surface area contributed by atoms with Crippen molar-refractivity contribution in [3.05, 3.63) is 71.8 Å². The first kappa shape index (κ1) is 17.4. The SMILES string of the molecule is CC(=O)C(=O)[C@H](Cc1ccccc1)NC(=O)OCc1ccccc1. The van der Waals surface area contributed by atoms with Gasteiger partial charge in [-0.1, -0.05) is 60.7 Å². The normalized spacial score (nSPS) is 11.4. The molecule has 5 nitrogen and oxygen atoms in total. The minimum atomic E-state index is -0.937. The van der Waals surface area contributed by atoms with Crippen LogP contribution in [0.1, 0.15) is 18.1 Å². The molecule has 0 bridgehead atoms. The van der Waals surface area contributed by atoms with Gasteiger partial charge in [0.15, 0.2) is 5.78 Å². The summed E-state index contributed by atoms with van der Waals surface area (Å²) >= 11 is 0. The molecule has 124 valence electrons. The molecule has 0 radical (unpaired) electrons. The van der Waals surface area contributed by atoms with Crippen LogP contribution in [0, 0.1) is 0 Å². The van der Waals surface area contributed by atoms with Crippen molar-refractivity contribution in [2.24, 2.45) is 0 Å². The molecule has 0 heterocycles. The Morgan fingerprint density at radius 3 is 2.00 bits per heavy atom. The monoisotopic (exact) mass is 325 g/mol. The molecule has 0 saturated heterocycles. The van der Waals surface area contributed by atoms with Gasteiger partial charge in [0.05, 0.1) is 0 Å². The molecule has 2 aromatic rings. The third kappa shape index (κ3) is 5.35. The van der Waals surface area contributed by atoms with Crippen molar-refractivity contribution >= 4 is 17.7 Å². The van der Waals surface area contributed by atoms with Crippen molar-refractivity contribution < 1.29 is 19.1 Å². The van der Waals surface area contributed by atoms with Gasteiger partial charge in [-0.2, -0.15) is 0 Å². The first-order valence-corrected chi connectivity index (χ1v) is 7.62. The average molecular weight is 325 g/mol. The van der Waals surface area contributed by atoms with Crippen LogP contribution in [0.2, 0.25) is 0 Å². The Labute approximate surface area is 140 Å². The number of carbonyl (C=O) groups is 3. The number of hydrogen-bond acceptors (Lipinski definition) is 4. The topological polar surface area (TPSA) is 72.5 Å². The maximum atomic E-state index is 12.0. The number of benzene rings is 2. The molecule has 24 heavy (non-hydrogen) atoms. The number of Topliss-reactive ketones (excluding diaryl/α,β-unsaturated/α-hetero) is 2. The Morgan fingerprint density at radius 2 is 1.46 bits per heavy atom. The second-order valence-corrected chi connectivity index (χ2v) is 5.37. The van der Waals surface area contributed by atoms with Crippen LogP contribution in [0.15, 0.2) is 60.7 Å². The van der Waals surface area contributed by atoms with Crippen LogP contribution < -0.4 is 5.32 Å². The number of rotatable bonds is 7. The predicted molar refractivity (Wildman–Crippen MR) is 89.4 cm³/mol. The maximum absolute atomic E-state index is 12.0. The summed E-state index contributed by atoms with van der Waals surface area (Å²) in [6.07, 6.45) is -0.492. The fourth-order valence-corrected chi connectivity index (χ4v) is 2.21. The van der Waals surface area contributed by atoms with Crippen molar-refractivity contribution in [3.8, 4) is 0 Å². The number of nitrogens with one attached hydrogen (secondary N) is 1. The average Bonchev–Trinajstić information content (AvgIpc) is 2.60. The first-order chi connectivity index (χ1) is 11.6. The zero-order valence-electron chi connectivity index (χ0n) is 13.4. The number of carbonyl (C=O) groups excluding carboxylic acids is 3. The van der Waals surface area contributed by atoms with Crippen LogP contribution in [-0.2, 0) is 27.4 Å². The van der Waals surface area contributed by atoms with Gasteiger partial charge in [0, 0.05) is 13.3 Å². The largest absolute Gasteiger partial charge is 0.445 e. The molecule has 1 amide bonds. The highest BCUT2D eigenvalue weighted by atomic mass is 16.5. The van der Waals surface area contributed by atoms with Crippen molar-refractivity contribution in [2.75, 3.05) is 0 Å². The van der Waals surface area contributed by atoms with E-state index in [1.165, 1.54) is 6.92 Å². The van der Waals surface area contributed by atoms with E-state index in [1.54, 1.807) is 0 Å². The van der Waals surface area contributed by atoms with Gasteiger partial charge in [0.2, 0.25) is 5.78 Å². The van der Waals surface area contributed by atoms with Crippen LogP contribution in [0.3, 0.4) is 0 Å². The number of ketones is 2. The van der Waals surface area contributed by atoms with E-state index in [4.69, 9.17) is 4.74 Å². The fraction of sp³-hybridized carbons (Fsp3) is 0.211. The molecule has 0 aromatic heterocycles. The standard InChI is InChI=1S/C19H19NO4/c1-14(21)18(22)17(12-15-8-4-2-5-9-15)20-19(23)24-13-16-10-6-3-7-11-16/h2-11,17H,12-13H2,1H3,(H,20,23)/t17-/m0/s1. The lowest BCUT2D eigenvalue weighted by atomic mass is 10.0. The quantitative estimate of drug-likeness (QED) is 0.794. The van der Waals surface area contributed by atoms with E-state index < -0.39 is 23.7 Å². The molecular formula is C19H19NO4.